The van der Waals surface area contributed by atoms with Gasteiger partial charge in [0.05, 0.1) is 17.2 Å². The van der Waals surface area contributed by atoms with E-state index in [-0.39, 0.29) is 5.15 Å². The molecule has 5 heteroatoms. The van der Waals surface area contributed by atoms with Gasteiger partial charge in [0.2, 0.25) is 0 Å². The predicted octanol–water partition coefficient (Wildman–Crippen LogP) is 1.77. The van der Waals surface area contributed by atoms with Crippen LogP contribution < -0.4 is 5.73 Å². The zero-order valence-electron chi connectivity index (χ0n) is 7.04. The van der Waals surface area contributed by atoms with Gasteiger partial charge >= 0.3 is 0 Å². The van der Waals surface area contributed by atoms with Crippen molar-refractivity contribution in [2.24, 2.45) is 5.73 Å². The fourth-order valence-corrected chi connectivity index (χ4v) is 1.33. The van der Waals surface area contributed by atoms with Crippen molar-refractivity contribution >= 4 is 23.2 Å². The summed E-state index contributed by atoms with van der Waals surface area (Å²) in [6, 6.07) is 1.05. The minimum atomic E-state index is -0.683. The Labute approximate surface area is 86.5 Å². The topological polar surface area (TPSA) is 59.1 Å². The van der Waals surface area contributed by atoms with E-state index in [1.165, 1.54) is 6.20 Å². The van der Waals surface area contributed by atoms with Gasteiger partial charge in [-0.05, 0) is 13.0 Å². The third-order valence-corrected chi connectivity index (χ3v) is 2.23. The molecule has 0 aliphatic heterocycles. The van der Waals surface area contributed by atoms with Gasteiger partial charge in [-0.1, -0.05) is 23.2 Å². The molecule has 0 aliphatic carbocycles. The monoisotopic (exact) mass is 220 g/mol. The lowest BCUT2D eigenvalue weighted by Gasteiger charge is -2.15. The highest BCUT2D eigenvalue weighted by molar-refractivity contribution is 6.32. The van der Waals surface area contributed by atoms with Crippen LogP contribution in [0.4, 0.5) is 0 Å². The van der Waals surface area contributed by atoms with Crippen LogP contribution in [0.2, 0.25) is 10.2 Å². The van der Waals surface area contributed by atoms with Crippen molar-refractivity contribution in [3.63, 3.8) is 0 Å². The number of aliphatic hydroxyl groups is 1. The van der Waals surface area contributed by atoms with Crippen molar-refractivity contribution in [3.05, 3.63) is 28.0 Å². The molecule has 0 bridgehead atoms. The van der Waals surface area contributed by atoms with Crippen LogP contribution in [0.25, 0.3) is 0 Å². The summed E-state index contributed by atoms with van der Waals surface area (Å²) in [5, 5.41) is 9.97. The molecule has 72 valence electrons. The van der Waals surface area contributed by atoms with Crippen LogP contribution in [0.15, 0.2) is 12.3 Å². The first-order chi connectivity index (χ1) is 6.02. The second-order valence-electron chi connectivity index (χ2n) is 2.80. The Morgan fingerprint density at radius 3 is 2.69 bits per heavy atom. The van der Waals surface area contributed by atoms with E-state index in [0.717, 1.165) is 0 Å². The maximum absolute atomic E-state index is 9.24. The summed E-state index contributed by atoms with van der Waals surface area (Å²) in [6.45, 7) is 1.59. The Bertz CT molecular complexity index is 304. The maximum atomic E-state index is 9.24. The van der Waals surface area contributed by atoms with Gasteiger partial charge in [-0.2, -0.15) is 0 Å². The smallest absolute Gasteiger partial charge is 0.133 e. The van der Waals surface area contributed by atoms with E-state index < -0.39 is 12.1 Å². The summed E-state index contributed by atoms with van der Waals surface area (Å²) in [4.78, 5) is 3.82. The largest absolute Gasteiger partial charge is 0.391 e. The first-order valence-electron chi connectivity index (χ1n) is 3.77. The summed E-state index contributed by atoms with van der Waals surface area (Å²) in [5.74, 6) is 0. The van der Waals surface area contributed by atoms with E-state index in [0.29, 0.717) is 10.6 Å². The van der Waals surface area contributed by atoms with E-state index in [2.05, 4.69) is 4.98 Å². The number of hydrogen-bond acceptors (Lipinski definition) is 3. The Morgan fingerprint density at radius 2 is 2.15 bits per heavy atom. The Hall–Kier alpha value is -0.350. The summed E-state index contributed by atoms with van der Waals surface area (Å²) < 4.78 is 0. The van der Waals surface area contributed by atoms with Gasteiger partial charge in [-0.25, -0.2) is 4.98 Å². The Balaban J connectivity index is 3.05. The Morgan fingerprint density at radius 1 is 1.54 bits per heavy atom. The quantitative estimate of drug-likeness (QED) is 0.748. The molecule has 0 radical (unpaired) electrons. The molecule has 0 amide bonds. The van der Waals surface area contributed by atoms with Crippen molar-refractivity contribution in [1.82, 2.24) is 4.98 Å². The third kappa shape index (κ3) is 2.54. The second-order valence-corrected chi connectivity index (χ2v) is 3.59. The highest BCUT2D eigenvalue weighted by Gasteiger charge is 2.16. The van der Waals surface area contributed by atoms with Gasteiger partial charge in [0.1, 0.15) is 5.15 Å². The van der Waals surface area contributed by atoms with E-state index >= 15 is 0 Å². The molecule has 2 unspecified atom stereocenters. The van der Waals surface area contributed by atoms with Crippen LogP contribution in [-0.2, 0) is 0 Å². The summed E-state index contributed by atoms with van der Waals surface area (Å²) >= 11 is 11.5. The lowest BCUT2D eigenvalue weighted by atomic mass is 10.1. The van der Waals surface area contributed by atoms with Crippen LogP contribution >= 0.6 is 23.2 Å². The summed E-state index contributed by atoms with van der Waals surface area (Å²) in [6.07, 6.45) is 0.750. The molecule has 1 aromatic rings. The van der Waals surface area contributed by atoms with Gasteiger partial charge in [-0.3, -0.25) is 0 Å². The molecular weight excluding hydrogens is 211 g/mol. The van der Waals surface area contributed by atoms with Gasteiger partial charge in [-0.15, -0.1) is 0 Å². The number of hydrogen-bond donors (Lipinski definition) is 2. The number of nitrogens with zero attached hydrogens (tertiary/aromatic N) is 1. The molecular formula is C8H10Cl2N2O. The molecule has 1 rings (SSSR count). The molecule has 0 saturated heterocycles. The SMILES string of the molecule is CC(O)C(N)c1cc(Cl)cnc1Cl. The molecule has 1 heterocycles. The van der Waals surface area contributed by atoms with Gasteiger partial charge in [0, 0.05) is 11.8 Å². The van der Waals surface area contributed by atoms with Crippen molar-refractivity contribution in [3.8, 4) is 0 Å². The molecule has 0 saturated carbocycles. The fourth-order valence-electron chi connectivity index (χ4n) is 0.932. The van der Waals surface area contributed by atoms with Crippen LogP contribution in [0, 0.1) is 0 Å². The van der Waals surface area contributed by atoms with Crippen molar-refractivity contribution in [2.45, 2.75) is 19.1 Å². The van der Waals surface area contributed by atoms with Crippen LogP contribution in [0.3, 0.4) is 0 Å². The molecule has 0 fully saturated rings. The van der Waals surface area contributed by atoms with E-state index in [1.54, 1.807) is 13.0 Å². The van der Waals surface area contributed by atoms with Crippen LogP contribution in [0.1, 0.15) is 18.5 Å². The highest BCUT2D eigenvalue weighted by atomic mass is 35.5. The van der Waals surface area contributed by atoms with E-state index in [1.807, 2.05) is 0 Å². The normalized spacial score (nSPS) is 15.5. The summed E-state index contributed by atoms with van der Waals surface area (Å²) in [7, 11) is 0. The van der Waals surface area contributed by atoms with Crippen molar-refractivity contribution < 1.29 is 5.11 Å². The number of rotatable bonds is 2. The van der Waals surface area contributed by atoms with Crippen LogP contribution in [-0.4, -0.2) is 16.2 Å². The number of aliphatic hydroxyl groups excluding tert-OH is 1. The summed E-state index contributed by atoms with van der Waals surface area (Å²) in [5.41, 5.74) is 6.23. The number of halogens is 2. The zero-order valence-corrected chi connectivity index (χ0v) is 8.55. The maximum Gasteiger partial charge on any atom is 0.133 e. The molecule has 3 nitrogen and oxygen atoms in total. The molecule has 1 aromatic heterocycles. The minimum absolute atomic E-state index is 0.276. The Kier molecular flexibility index (Phi) is 3.50. The van der Waals surface area contributed by atoms with Gasteiger partial charge in [0.15, 0.2) is 0 Å². The van der Waals surface area contributed by atoms with Crippen LogP contribution in [0.5, 0.6) is 0 Å². The molecule has 0 aliphatic rings. The highest BCUT2D eigenvalue weighted by Crippen LogP contribution is 2.24. The van der Waals surface area contributed by atoms with Crippen molar-refractivity contribution in [2.75, 3.05) is 0 Å². The number of pyridine rings is 1. The average molecular weight is 221 g/mol. The first-order valence-corrected chi connectivity index (χ1v) is 4.52. The van der Waals surface area contributed by atoms with Gasteiger partial charge < -0.3 is 10.8 Å². The van der Waals surface area contributed by atoms with E-state index in [4.69, 9.17) is 28.9 Å². The minimum Gasteiger partial charge on any atom is -0.391 e. The number of aromatic nitrogens is 1. The molecule has 2 atom stereocenters. The van der Waals surface area contributed by atoms with E-state index in [9.17, 15) is 5.11 Å². The fraction of sp³-hybridized carbons (Fsp3) is 0.375. The van der Waals surface area contributed by atoms with Gasteiger partial charge in [0.25, 0.3) is 0 Å². The zero-order chi connectivity index (χ0) is 10.0. The molecule has 0 aromatic carbocycles. The lowest BCUT2D eigenvalue weighted by molar-refractivity contribution is 0.164. The first kappa shape index (κ1) is 10.7. The second kappa shape index (κ2) is 4.24. The average Bonchev–Trinajstić information content (AvgIpc) is 2.08. The molecule has 3 N–H and O–H groups in total. The lowest BCUT2D eigenvalue weighted by Crippen LogP contribution is -2.23. The standard InChI is InChI=1S/C8H10Cl2N2O/c1-4(13)7(11)6-2-5(9)3-12-8(6)10/h2-4,7,13H,11H2,1H3. The molecule has 0 spiro atoms. The predicted molar refractivity (Wildman–Crippen MR) is 52.9 cm³/mol. The van der Waals surface area contributed by atoms with Crippen molar-refractivity contribution in [1.29, 1.82) is 0 Å². The third-order valence-electron chi connectivity index (χ3n) is 1.71. The number of nitrogens with two attached hydrogens (primary N) is 1. The molecule has 13 heavy (non-hydrogen) atoms.